The molecule has 0 aliphatic carbocycles. The van der Waals surface area contributed by atoms with E-state index in [4.69, 9.17) is 4.74 Å². The Labute approximate surface area is 131 Å². The summed E-state index contributed by atoms with van der Waals surface area (Å²) in [4.78, 5) is 11.9. The highest BCUT2D eigenvalue weighted by Gasteiger charge is 2.24. The standard InChI is InChI=1S/C16H15BrFNO2/c1-21-16(20)15(13-9-12(17)7-8-14(13)18)19-10-11-5-3-2-4-6-11/h2-9,15,19H,10H2,1H3. The average Bonchev–Trinajstić information content (AvgIpc) is 2.51. The fourth-order valence-electron chi connectivity index (χ4n) is 1.99. The van der Waals surface area contributed by atoms with E-state index in [0.29, 0.717) is 11.0 Å². The van der Waals surface area contributed by atoms with Crippen LogP contribution in [-0.2, 0) is 16.1 Å². The van der Waals surface area contributed by atoms with Gasteiger partial charge in [0.1, 0.15) is 11.9 Å². The van der Waals surface area contributed by atoms with Gasteiger partial charge in [-0.25, -0.2) is 9.18 Å². The molecule has 0 spiro atoms. The number of methoxy groups -OCH3 is 1. The van der Waals surface area contributed by atoms with Gasteiger partial charge in [-0.1, -0.05) is 46.3 Å². The Hall–Kier alpha value is -1.72. The van der Waals surface area contributed by atoms with Crippen molar-refractivity contribution >= 4 is 21.9 Å². The van der Waals surface area contributed by atoms with Gasteiger partial charge < -0.3 is 4.74 Å². The number of rotatable bonds is 5. The molecule has 0 aliphatic heterocycles. The molecule has 110 valence electrons. The van der Waals surface area contributed by atoms with Crippen LogP contribution in [0.5, 0.6) is 0 Å². The first kappa shape index (κ1) is 15.7. The summed E-state index contributed by atoms with van der Waals surface area (Å²) in [5, 5.41) is 3.04. The molecule has 2 aromatic carbocycles. The van der Waals surface area contributed by atoms with Crippen molar-refractivity contribution in [2.24, 2.45) is 0 Å². The van der Waals surface area contributed by atoms with E-state index in [2.05, 4.69) is 21.2 Å². The van der Waals surface area contributed by atoms with Gasteiger partial charge in [0.05, 0.1) is 7.11 Å². The van der Waals surface area contributed by atoms with Gasteiger partial charge in [-0.15, -0.1) is 0 Å². The molecule has 0 fully saturated rings. The Morgan fingerprint density at radius 3 is 2.67 bits per heavy atom. The molecule has 3 nitrogen and oxygen atoms in total. The number of carbonyl (C=O) groups excluding carboxylic acids is 1. The zero-order valence-corrected chi connectivity index (χ0v) is 13.1. The average molecular weight is 352 g/mol. The third-order valence-electron chi connectivity index (χ3n) is 3.06. The summed E-state index contributed by atoms with van der Waals surface area (Å²) < 4.78 is 19.4. The predicted octanol–water partition coefficient (Wildman–Crippen LogP) is 3.59. The molecule has 1 atom stereocenters. The minimum absolute atomic E-state index is 0.257. The summed E-state index contributed by atoms with van der Waals surface area (Å²) in [5.74, 6) is -0.975. The van der Waals surface area contributed by atoms with E-state index < -0.39 is 17.8 Å². The zero-order chi connectivity index (χ0) is 15.2. The van der Waals surface area contributed by atoms with Crippen molar-refractivity contribution in [2.75, 3.05) is 7.11 Å². The summed E-state index contributed by atoms with van der Waals surface area (Å²) in [5.41, 5.74) is 1.26. The number of benzene rings is 2. The molecule has 0 amide bonds. The SMILES string of the molecule is COC(=O)C(NCc1ccccc1)c1cc(Br)ccc1F. The summed E-state index contributed by atoms with van der Waals surface area (Å²) in [6.07, 6.45) is 0. The lowest BCUT2D eigenvalue weighted by molar-refractivity contribution is -0.143. The number of nitrogens with one attached hydrogen (secondary N) is 1. The van der Waals surface area contributed by atoms with Gasteiger partial charge in [0.2, 0.25) is 0 Å². The van der Waals surface area contributed by atoms with E-state index in [1.54, 1.807) is 12.1 Å². The minimum Gasteiger partial charge on any atom is -0.468 e. The third-order valence-corrected chi connectivity index (χ3v) is 3.55. The lowest BCUT2D eigenvalue weighted by Gasteiger charge is -2.18. The van der Waals surface area contributed by atoms with Crippen LogP contribution >= 0.6 is 15.9 Å². The summed E-state index contributed by atoms with van der Waals surface area (Å²) in [6, 6.07) is 13.2. The molecule has 2 rings (SSSR count). The highest BCUT2D eigenvalue weighted by atomic mass is 79.9. The maximum Gasteiger partial charge on any atom is 0.327 e. The van der Waals surface area contributed by atoms with Crippen molar-refractivity contribution < 1.29 is 13.9 Å². The fraction of sp³-hybridized carbons (Fsp3) is 0.188. The molecule has 2 aromatic rings. The number of halogens is 2. The lowest BCUT2D eigenvalue weighted by atomic mass is 10.1. The fourth-order valence-corrected chi connectivity index (χ4v) is 2.37. The molecule has 0 heterocycles. The smallest absolute Gasteiger partial charge is 0.327 e. The summed E-state index contributed by atoms with van der Waals surface area (Å²) in [7, 11) is 1.29. The van der Waals surface area contributed by atoms with Crippen LogP contribution in [0.1, 0.15) is 17.2 Å². The van der Waals surface area contributed by atoms with E-state index in [0.717, 1.165) is 5.56 Å². The Morgan fingerprint density at radius 1 is 1.29 bits per heavy atom. The van der Waals surface area contributed by atoms with E-state index in [1.165, 1.54) is 13.2 Å². The molecule has 0 aliphatic rings. The molecular formula is C16H15BrFNO2. The third kappa shape index (κ3) is 4.12. The molecule has 1 unspecified atom stereocenters. The second-order valence-electron chi connectivity index (χ2n) is 4.49. The second-order valence-corrected chi connectivity index (χ2v) is 5.40. The van der Waals surface area contributed by atoms with Gasteiger partial charge in [0.25, 0.3) is 0 Å². The van der Waals surface area contributed by atoms with Crippen molar-refractivity contribution in [2.45, 2.75) is 12.6 Å². The zero-order valence-electron chi connectivity index (χ0n) is 11.5. The van der Waals surface area contributed by atoms with Crippen LogP contribution in [0.25, 0.3) is 0 Å². The summed E-state index contributed by atoms with van der Waals surface area (Å²) >= 11 is 3.29. The first-order valence-electron chi connectivity index (χ1n) is 6.42. The molecule has 5 heteroatoms. The second kappa shape index (κ2) is 7.33. The number of hydrogen-bond acceptors (Lipinski definition) is 3. The topological polar surface area (TPSA) is 38.3 Å². The normalized spacial score (nSPS) is 12.0. The van der Waals surface area contributed by atoms with E-state index in [-0.39, 0.29) is 5.56 Å². The number of hydrogen-bond donors (Lipinski definition) is 1. The van der Waals surface area contributed by atoms with Crippen LogP contribution in [0, 0.1) is 5.82 Å². The number of esters is 1. The maximum absolute atomic E-state index is 14.0. The van der Waals surface area contributed by atoms with Crippen molar-refractivity contribution in [3.63, 3.8) is 0 Å². The molecule has 0 aromatic heterocycles. The van der Waals surface area contributed by atoms with E-state index >= 15 is 0 Å². The Balaban J connectivity index is 2.22. The van der Waals surface area contributed by atoms with Crippen molar-refractivity contribution in [1.29, 1.82) is 0 Å². The van der Waals surface area contributed by atoms with Crippen LogP contribution in [0.2, 0.25) is 0 Å². The lowest BCUT2D eigenvalue weighted by Crippen LogP contribution is -2.30. The maximum atomic E-state index is 14.0. The van der Waals surface area contributed by atoms with Crippen molar-refractivity contribution in [3.05, 3.63) is 69.9 Å². The van der Waals surface area contributed by atoms with Crippen LogP contribution in [-0.4, -0.2) is 13.1 Å². The first-order chi connectivity index (χ1) is 10.1. The molecule has 21 heavy (non-hydrogen) atoms. The van der Waals surface area contributed by atoms with Crippen LogP contribution in [0.3, 0.4) is 0 Å². The van der Waals surface area contributed by atoms with Crippen LogP contribution < -0.4 is 5.32 Å². The van der Waals surface area contributed by atoms with Crippen LogP contribution in [0.4, 0.5) is 4.39 Å². The molecule has 0 saturated carbocycles. The Morgan fingerprint density at radius 2 is 2.00 bits per heavy atom. The van der Waals surface area contributed by atoms with Gasteiger partial charge in [-0.3, -0.25) is 5.32 Å². The number of carbonyl (C=O) groups is 1. The highest BCUT2D eigenvalue weighted by molar-refractivity contribution is 9.10. The summed E-state index contributed by atoms with van der Waals surface area (Å²) in [6.45, 7) is 0.437. The van der Waals surface area contributed by atoms with Crippen molar-refractivity contribution in [3.8, 4) is 0 Å². The monoisotopic (exact) mass is 351 g/mol. The van der Waals surface area contributed by atoms with Gasteiger partial charge in [0, 0.05) is 16.6 Å². The minimum atomic E-state index is -0.854. The quantitative estimate of drug-likeness (QED) is 0.836. The molecule has 0 radical (unpaired) electrons. The van der Waals surface area contributed by atoms with Gasteiger partial charge in [-0.05, 0) is 23.8 Å². The first-order valence-corrected chi connectivity index (χ1v) is 7.21. The van der Waals surface area contributed by atoms with Gasteiger partial charge in [-0.2, -0.15) is 0 Å². The Bertz CT molecular complexity index is 619. The van der Waals surface area contributed by atoms with Crippen LogP contribution in [0.15, 0.2) is 53.0 Å². The highest BCUT2D eigenvalue weighted by Crippen LogP contribution is 2.23. The largest absolute Gasteiger partial charge is 0.468 e. The van der Waals surface area contributed by atoms with E-state index in [1.807, 2.05) is 30.3 Å². The predicted molar refractivity (Wildman–Crippen MR) is 82.1 cm³/mol. The molecular weight excluding hydrogens is 337 g/mol. The van der Waals surface area contributed by atoms with E-state index in [9.17, 15) is 9.18 Å². The molecule has 1 N–H and O–H groups in total. The van der Waals surface area contributed by atoms with Gasteiger partial charge in [0.15, 0.2) is 0 Å². The van der Waals surface area contributed by atoms with Crippen molar-refractivity contribution in [1.82, 2.24) is 5.32 Å². The Kier molecular flexibility index (Phi) is 5.47. The number of ether oxygens (including phenoxy) is 1. The molecule has 0 bridgehead atoms. The molecule has 0 saturated heterocycles. The van der Waals surface area contributed by atoms with Gasteiger partial charge >= 0.3 is 5.97 Å².